The van der Waals surface area contributed by atoms with Gasteiger partial charge in [-0.1, -0.05) is 24.3 Å². The second-order valence-corrected chi connectivity index (χ2v) is 6.92. The van der Waals surface area contributed by atoms with Crippen molar-refractivity contribution in [3.8, 4) is 11.5 Å². The van der Waals surface area contributed by atoms with Crippen LogP contribution >= 0.6 is 0 Å². The number of hydrogen-bond acceptors (Lipinski definition) is 8. The van der Waals surface area contributed by atoms with Gasteiger partial charge in [-0.15, -0.1) is 0 Å². The predicted molar refractivity (Wildman–Crippen MR) is 119 cm³/mol. The molecule has 12 nitrogen and oxygen atoms in total. The minimum Gasteiger partial charge on any atom is -0.488 e. The van der Waals surface area contributed by atoms with E-state index in [2.05, 4.69) is 0 Å². The maximum absolute atomic E-state index is 11.1. The Labute approximate surface area is 251 Å². The Balaban J connectivity index is 0.00000612. The molecule has 0 aliphatic heterocycles. The zero-order chi connectivity index (χ0) is 25.1. The predicted octanol–water partition coefficient (Wildman–Crippen LogP) is -4.90. The van der Waals surface area contributed by atoms with Gasteiger partial charge < -0.3 is 39.7 Å². The maximum atomic E-state index is 11.1. The summed E-state index contributed by atoms with van der Waals surface area (Å²) in [5.41, 5.74) is 0.559. The van der Waals surface area contributed by atoms with Crippen molar-refractivity contribution in [1.82, 2.24) is 0 Å². The van der Waals surface area contributed by atoms with Crippen LogP contribution in [0.25, 0.3) is 0 Å². The molecule has 0 unspecified atom stereocenters. The van der Waals surface area contributed by atoms with Gasteiger partial charge in [0.1, 0.15) is 50.9 Å². The zero-order valence-corrected chi connectivity index (χ0v) is 24.0. The van der Waals surface area contributed by atoms with Crippen molar-refractivity contribution in [2.45, 2.75) is 0 Å². The van der Waals surface area contributed by atoms with Gasteiger partial charge in [-0.05, 0) is 24.3 Å². The van der Waals surface area contributed by atoms with Gasteiger partial charge in [0.2, 0.25) is 0 Å². The first-order valence-corrected chi connectivity index (χ1v) is 9.98. The van der Waals surface area contributed by atoms with E-state index in [9.17, 15) is 19.2 Å². The number of nitrogens with zero attached hydrogens (tertiary/aromatic N) is 2. The molecule has 0 amide bonds. The Kier molecular flexibility index (Phi) is 15.9. The van der Waals surface area contributed by atoms with E-state index >= 15 is 0 Å². The molecule has 0 aliphatic carbocycles. The molecule has 2 aromatic rings. The third-order valence-electron chi connectivity index (χ3n) is 4.31. The van der Waals surface area contributed by atoms with Gasteiger partial charge in [0, 0.05) is 0 Å². The van der Waals surface area contributed by atoms with Crippen LogP contribution in [0.1, 0.15) is 0 Å². The third kappa shape index (κ3) is 11.5. The van der Waals surface area contributed by atoms with E-state index < -0.39 is 50.1 Å². The molecule has 0 heterocycles. The Morgan fingerprint density at radius 1 is 0.556 bits per heavy atom. The summed E-state index contributed by atoms with van der Waals surface area (Å²) in [6.07, 6.45) is 0. The van der Waals surface area contributed by atoms with Crippen molar-refractivity contribution in [3.05, 3.63) is 48.5 Å². The van der Waals surface area contributed by atoms with Crippen LogP contribution in [-0.4, -0.2) is 83.7 Å². The summed E-state index contributed by atoms with van der Waals surface area (Å²) in [6, 6.07) is 12.7. The molecule has 0 bridgehead atoms. The molecular weight excluding hydrogens is 498 g/mol. The van der Waals surface area contributed by atoms with Gasteiger partial charge in [0.05, 0.1) is 11.4 Å². The maximum Gasteiger partial charge on any atom is 1.00 e. The summed E-state index contributed by atoms with van der Waals surface area (Å²) in [5.74, 6) is -4.32. The van der Waals surface area contributed by atoms with Crippen molar-refractivity contribution in [3.63, 3.8) is 0 Å². The number of hydrogen-bond donors (Lipinski definition) is 4. The number of ether oxygens (including phenoxy) is 2. The van der Waals surface area contributed by atoms with Crippen LogP contribution in [0.4, 0.5) is 11.4 Å². The van der Waals surface area contributed by atoms with Crippen LogP contribution in [-0.2, 0) is 19.2 Å². The molecule has 182 valence electrons. The van der Waals surface area contributed by atoms with Crippen LogP contribution < -0.4 is 78.4 Å². The first kappa shape index (κ1) is 33.5. The Bertz CT molecular complexity index is 924. The van der Waals surface area contributed by atoms with Gasteiger partial charge >= 0.3 is 83.0 Å². The van der Waals surface area contributed by atoms with Crippen LogP contribution in [0.3, 0.4) is 0 Å². The number of rotatable bonds is 15. The molecule has 0 saturated carbocycles. The van der Waals surface area contributed by atoms with Gasteiger partial charge in [-0.25, -0.2) is 0 Å². The molecule has 0 atom stereocenters. The Morgan fingerprint density at radius 3 is 1.11 bits per heavy atom. The number of carboxylic acid groups (broad SMARTS) is 4. The average molecular weight is 522 g/mol. The summed E-state index contributed by atoms with van der Waals surface area (Å²) in [6.45, 7) is -2.20. The third-order valence-corrected chi connectivity index (χ3v) is 4.31. The summed E-state index contributed by atoms with van der Waals surface area (Å²) < 4.78 is 11.4. The summed E-state index contributed by atoms with van der Waals surface area (Å²) in [5, 5.41) is 36.4. The number of carbonyl (C=O) groups is 4. The van der Waals surface area contributed by atoms with Crippen molar-refractivity contribution < 1.29 is 108 Å². The number of carboxylic acids is 4. The van der Waals surface area contributed by atoms with Crippen LogP contribution in [0.2, 0.25) is 0 Å². The number of anilines is 2. The van der Waals surface area contributed by atoms with Gasteiger partial charge in [0.25, 0.3) is 0 Å². The molecule has 0 saturated heterocycles. The first-order chi connectivity index (χ1) is 16.2. The van der Waals surface area contributed by atoms with Crippen molar-refractivity contribution in [1.29, 1.82) is 0 Å². The largest absolute Gasteiger partial charge is 1.00 e. The van der Waals surface area contributed by atoms with Crippen molar-refractivity contribution in [2.24, 2.45) is 0 Å². The van der Waals surface area contributed by atoms with Gasteiger partial charge in [-0.2, -0.15) is 0 Å². The molecule has 14 heteroatoms. The summed E-state index contributed by atoms with van der Waals surface area (Å²) in [4.78, 5) is 46.9. The number of para-hydroxylation sites is 4. The topological polar surface area (TPSA) is 174 Å². The zero-order valence-electron chi connectivity index (χ0n) is 20.0. The van der Waals surface area contributed by atoms with E-state index in [1.54, 1.807) is 36.4 Å². The minimum absolute atomic E-state index is 0. The van der Waals surface area contributed by atoms with Crippen LogP contribution in [0.5, 0.6) is 11.5 Å². The molecule has 0 aromatic heterocycles. The molecule has 0 aliphatic rings. The van der Waals surface area contributed by atoms with E-state index in [0.29, 0.717) is 0 Å². The summed E-state index contributed by atoms with van der Waals surface area (Å²) in [7, 11) is 0. The SMILES string of the molecule is O=C(O)CN(CC(=O)O)c1ccccc1OCCOc1ccccc1N(CC(=O)O)CC(=O)O.[Na+].[Na+]. The van der Waals surface area contributed by atoms with Gasteiger partial charge in [0.15, 0.2) is 0 Å². The van der Waals surface area contributed by atoms with Crippen molar-refractivity contribution in [2.75, 3.05) is 49.2 Å². The fourth-order valence-corrected chi connectivity index (χ4v) is 3.09. The first-order valence-electron chi connectivity index (χ1n) is 9.98. The second kappa shape index (κ2) is 17.1. The quantitative estimate of drug-likeness (QED) is 0.130. The van der Waals surface area contributed by atoms with Gasteiger partial charge in [-0.3, -0.25) is 19.2 Å². The standard InChI is InChI=1S/C22H24N2O10.2Na/c25-19(26)11-23(12-20(27)28)15-5-1-3-7-17(15)33-9-10-34-18-8-4-2-6-16(18)24(13-21(29)30)14-22(31)32;;/h1-8H,9-14H2,(H,25,26)(H,27,28)(H,29,30)(H,31,32);;/q;2*+1. The Morgan fingerprint density at radius 2 is 0.833 bits per heavy atom. The molecule has 0 spiro atoms. The molecule has 36 heavy (non-hydrogen) atoms. The van der Waals surface area contributed by atoms with Crippen LogP contribution in [0, 0.1) is 0 Å². The van der Waals surface area contributed by atoms with E-state index in [-0.39, 0.29) is 95.2 Å². The molecule has 0 fully saturated rings. The van der Waals surface area contributed by atoms with Crippen LogP contribution in [0.15, 0.2) is 48.5 Å². The normalized spacial score (nSPS) is 9.67. The minimum atomic E-state index is -1.21. The molecule has 2 aromatic carbocycles. The molecule has 0 radical (unpaired) electrons. The van der Waals surface area contributed by atoms with E-state index in [1.165, 1.54) is 12.1 Å². The number of aliphatic carboxylic acids is 4. The molecule has 4 N–H and O–H groups in total. The van der Waals surface area contributed by atoms with E-state index in [0.717, 1.165) is 9.80 Å². The number of benzene rings is 2. The molecule has 2 rings (SSSR count). The van der Waals surface area contributed by atoms with E-state index in [1.807, 2.05) is 0 Å². The molecular formula is C22H24N2Na2O10+2. The summed E-state index contributed by atoms with van der Waals surface area (Å²) >= 11 is 0. The Hall–Kier alpha value is -2.48. The van der Waals surface area contributed by atoms with Crippen molar-refractivity contribution >= 4 is 35.3 Å². The fraction of sp³-hybridized carbons (Fsp3) is 0.273. The average Bonchev–Trinajstić information content (AvgIpc) is 2.75. The monoisotopic (exact) mass is 522 g/mol. The second-order valence-electron chi connectivity index (χ2n) is 6.92. The smallest absolute Gasteiger partial charge is 0.488 e. The fourth-order valence-electron chi connectivity index (χ4n) is 3.09. The van der Waals surface area contributed by atoms with E-state index in [4.69, 9.17) is 29.9 Å².